The molecule has 0 rings (SSSR count). The minimum Gasteiger partial charge on any atom is -0.480 e. The fourth-order valence-corrected chi connectivity index (χ4v) is 2.20. The third-order valence-electron chi connectivity index (χ3n) is 3.27. The molecule has 102 valence electrons. The van der Waals surface area contributed by atoms with Crippen LogP contribution in [-0.2, 0) is 4.79 Å². The van der Waals surface area contributed by atoms with Crippen LogP contribution in [0.1, 0.15) is 40.5 Å². The minimum absolute atomic E-state index is 0.0640. The fraction of sp³-hybridized carbons (Fsp3) is 0.923. The summed E-state index contributed by atoms with van der Waals surface area (Å²) in [6.07, 6.45) is 1.22. The Morgan fingerprint density at radius 2 is 1.71 bits per heavy atom. The van der Waals surface area contributed by atoms with Crippen LogP contribution in [0.5, 0.6) is 0 Å². The van der Waals surface area contributed by atoms with Crippen molar-refractivity contribution in [2.45, 2.75) is 46.1 Å². The van der Waals surface area contributed by atoms with E-state index in [0.717, 1.165) is 6.54 Å². The Balaban J connectivity index is 4.55. The summed E-state index contributed by atoms with van der Waals surface area (Å²) in [5, 5.41) is 12.6. The van der Waals surface area contributed by atoms with E-state index in [-0.39, 0.29) is 5.41 Å². The predicted molar refractivity (Wildman–Crippen MR) is 71.3 cm³/mol. The highest BCUT2D eigenvalue weighted by Crippen LogP contribution is 2.20. The molecule has 0 amide bonds. The van der Waals surface area contributed by atoms with Crippen molar-refractivity contribution in [2.24, 2.45) is 5.41 Å². The maximum Gasteiger partial charge on any atom is 0.323 e. The first-order valence-electron chi connectivity index (χ1n) is 6.32. The zero-order chi connectivity index (χ0) is 13.7. The average Bonchev–Trinajstić information content (AvgIpc) is 2.17. The number of carboxylic acids is 1. The number of hydrogen-bond donors (Lipinski definition) is 2. The molecule has 0 heterocycles. The lowest BCUT2D eigenvalue weighted by atomic mass is 9.88. The van der Waals surface area contributed by atoms with Gasteiger partial charge in [0.25, 0.3) is 0 Å². The topological polar surface area (TPSA) is 52.6 Å². The molecule has 4 heteroatoms. The molecular formula is C13H28N2O2. The normalized spacial score (nSPS) is 13.1. The smallest absolute Gasteiger partial charge is 0.323 e. The van der Waals surface area contributed by atoms with Crippen molar-refractivity contribution < 1.29 is 9.90 Å². The summed E-state index contributed by atoms with van der Waals surface area (Å²) < 4.78 is 0. The van der Waals surface area contributed by atoms with E-state index in [0.29, 0.717) is 19.4 Å². The van der Waals surface area contributed by atoms with Crippen LogP contribution in [-0.4, -0.2) is 48.7 Å². The van der Waals surface area contributed by atoms with Gasteiger partial charge in [0.1, 0.15) is 5.54 Å². The molecule has 0 saturated heterocycles. The summed E-state index contributed by atoms with van der Waals surface area (Å²) in [5.41, 5.74) is -0.710. The molecule has 0 aromatic carbocycles. The summed E-state index contributed by atoms with van der Waals surface area (Å²) in [6.45, 7) is 9.78. The zero-order valence-corrected chi connectivity index (χ0v) is 12.1. The second-order valence-electron chi connectivity index (χ2n) is 5.85. The van der Waals surface area contributed by atoms with Crippen molar-refractivity contribution in [1.82, 2.24) is 10.2 Å². The fourth-order valence-electron chi connectivity index (χ4n) is 2.20. The first-order valence-corrected chi connectivity index (χ1v) is 6.32. The largest absolute Gasteiger partial charge is 0.480 e. The number of aliphatic carboxylic acids is 1. The van der Waals surface area contributed by atoms with Gasteiger partial charge in [0.15, 0.2) is 0 Å². The van der Waals surface area contributed by atoms with Crippen LogP contribution in [0, 0.1) is 5.41 Å². The van der Waals surface area contributed by atoms with E-state index in [1.807, 2.05) is 27.9 Å². The molecule has 0 aromatic heterocycles. The summed E-state index contributed by atoms with van der Waals surface area (Å²) in [5.74, 6) is -0.747. The number of hydrogen-bond acceptors (Lipinski definition) is 3. The van der Waals surface area contributed by atoms with Crippen LogP contribution in [0.25, 0.3) is 0 Å². The van der Waals surface area contributed by atoms with Crippen molar-refractivity contribution in [2.75, 3.05) is 27.2 Å². The van der Waals surface area contributed by atoms with Crippen molar-refractivity contribution in [3.05, 3.63) is 0 Å². The lowest BCUT2D eigenvalue weighted by Crippen LogP contribution is -2.54. The molecule has 0 radical (unpaired) electrons. The summed E-state index contributed by atoms with van der Waals surface area (Å²) in [4.78, 5) is 13.5. The molecule has 0 spiro atoms. The molecule has 17 heavy (non-hydrogen) atoms. The first kappa shape index (κ1) is 16.4. The van der Waals surface area contributed by atoms with Crippen molar-refractivity contribution >= 4 is 5.97 Å². The average molecular weight is 244 g/mol. The number of rotatable bonds is 8. The van der Waals surface area contributed by atoms with Gasteiger partial charge in [-0.3, -0.25) is 4.79 Å². The SMILES string of the molecule is CCC(CC)(NCC(C)(C)CN(C)C)C(=O)O. The Kier molecular flexibility index (Phi) is 6.13. The standard InChI is InChI=1S/C13H28N2O2/c1-7-13(8-2,11(16)17)14-9-12(3,4)10-15(5)6/h14H,7-10H2,1-6H3,(H,16,17). The van der Waals surface area contributed by atoms with Crippen LogP contribution in [0.15, 0.2) is 0 Å². The van der Waals surface area contributed by atoms with Gasteiger partial charge in [-0.05, 0) is 32.4 Å². The molecule has 2 N–H and O–H groups in total. The van der Waals surface area contributed by atoms with E-state index in [1.54, 1.807) is 0 Å². The Labute approximate surface area is 105 Å². The molecule has 0 unspecified atom stereocenters. The van der Waals surface area contributed by atoms with Gasteiger partial charge in [-0.1, -0.05) is 27.7 Å². The van der Waals surface area contributed by atoms with E-state index < -0.39 is 11.5 Å². The molecule has 0 aliphatic rings. The molecule has 0 saturated carbocycles. The Morgan fingerprint density at radius 3 is 2.00 bits per heavy atom. The summed E-state index contributed by atoms with van der Waals surface area (Å²) >= 11 is 0. The third kappa shape index (κ3) is 5.04. The second kappa shape index (κ2) is 6.36. The Morgan fingerprint density at radius 1 is 1.24 bits per heavy atom. The van der Waals surface area contributed by atoms with Gasteiger partial charge in [-0.2, -0.15) is 0 Å². The van der Waals surface area contributed by atoms with E-state index >= 15 is 0 Å². The van der Waals surface area contributed by atoms with E-state index in [2.05, 4.69) is 24.1 Å². The summed E-state index contributed by atoms with van der Waals surface area (Å²) in [6, 6.07) is 0. The molecule has 0 atom stereocenters. The van der Waals surface area contributed by atoms with Crippen molar-refractivity contribution in [3.63, 3.8) is 0 Å². The van der Waals surface area contributed by atoms with Crippen molar-refractivity contribution in [1.29, 1.82) is 0 Å². The second-order valence-corrected chi connectivity index (χ2v) is 5.85. The van der Waals surface area contributed by atoms with Crippen LogP contribution in [0.2, 0.25) is 0 Å². The lowest BCUT2D eigenvalue weighted by molar-refractivity contribution is -0.145. The monoisotopic (exact) mass is 244 g/mol. The van der Waals surface area contributed by atoms with Crippen molar-refractivity contribution in [3.8, 4) is 0 Å². The van der Waals surface area contributed by atoms with Gasteiger partial charge in [-0.25, -0.2) is 0 Å². The van der Waals surface area contributed by atoms with E-state index in [1.165, 1.54) is 0 Å². The molecule has 0 fully saturated rings. The number of nitrogens with one attached hydrogen (secondary N) is 1. The van der Waals surface area contributed by atoms with Crippen LogP contribution in [0.3, 0.4) is 0 Å². The first-order chi connectivity index (χ1) is 7.69. The summed E-state index contributed by atoms with van der Waals surface area (Å²) in [7, 11) is 4.07. The van der Waals surface area contributed by atoms with Gasteiger partial charge in [0.2, 0.25) is 0 Å². The molecular weight excluding hydrogens is 216 g/mol. The Bertz CT molecular complexity index is 246. The van der Waals surface area contributed by atoms with Crippen LogP contribution in [0.4, 0.5) is 0 Å². The molecule has 0 aromatic rings. The number of nitrogens with zero attached hydrogens (tertiary/aromatic N) is 1. The van der Waals surface area contributed by atoms with Gasteiger partial charge in [-0.15, -0.1) is 0 Å². The lowest BCUT2D eigenvalue weighted by Gasteiger charge is -2.35. The highest BCUT2D eigenvalue weighted by molar-refractivity contribution is 5.78. The van der Waals surface area contributed by atoms with E-state index in [9.17, 15) is 9.90 Å². The van der Waals surface area contributed by atoms with Crippen LogP contribution >= 0.6 is 0 Å². The van der Waals surface area contributed by atoms with Gasteiger partial charge in [0, 0.05) is 13.1 Å². The molecule has 0 aliphatic carbocycles. The Hall–Kier alpha value is -0.610. The van der Waals surface area contributed by atoms with Gasteiger partial charge >= 0.3 is 5.97 Å². The van der Waals surface area contributed by atoms with Gasteiger partial charge < -0.3 is 15.3 Å². The zero-order valence-electron chi connectivity index (χ0n) is 12.1. The maximum atomic E-state index is 11.3. The van der Waals surface area contributed by atoms with Crippen LogP contribution < -0.4 is 5.32 Å². The minimum atomic E-state index is -0.774. The molecule has 0 bridgehead atoms. The number of carbonyl (C=O) groups is 1. The highest BCUT2D eigenvalue weighted by Gasteiger charge is 2.35. The predicted octanol–water partition coefficient (Wildman–Crippen LogP) is 1.81. The number of carboxylic acid groups (broad SMARTS) is 1. The highest BCUT2D eigenvalue weighted by atomic mass is 16.4. The van der Waals surface area contributed by atoms with Gasteiger partial charge in [0.05, 0.1) is 0 Å². The third-order valence-corrected chi connectivity index (χ3v) is 3.27. The van der Waals surface area contributed by atoms with E-state index in [4.69, 9.17) is 0 Å². The maximum absolute atomic E-state index is 11.3. The quantitative estimate of drug-likeness (QED) is 0.684. The molecule has 4 nitrogen and oxygen atoms in total. The molecule has 0 aliphatic heterocycles.